The molecule has 1 aliphatic carbocycles. The summed E-state index contributed by atoms with van der Waals surface area (Å²) in [6.45, 7) is 2.89. The van der Waals surface area contributed by atoms with E-state index in [4.69, 9.17) is 0 Å². The first-order valence-electron chi connectivity index (χ1n) is 6.45. The van der Waals surface area contributed by atoms with Gasteiger partial charge >= 0.3 is 0 Å². The molecule has 2 aromatic rings. The Labute approximate surface area is 106 Å². The number of nitrogens with one attached hydrogen (secondary N) is 1. The fourth-order valence-corrected chi connectivity index (χ4v) is 1.92. The van der Waals surface area contributed by atoms with E-state index in [1.165, 1.54) is 12.8 Å². The Bertz CT molecular complexity index is 512. The second-order valence-electron chi connectivity index (χ2n) is 4.61. The highest BCUT2D eigenvalue weighted by Gasteiger charge is 2.20. The topological polar surface area (TPSA) is 55.6 Å². The summed E-state index contributed by atoms with van der Waals surface area (Å²) in [7, 11) is 0. The van der Waals surface area contributed by atoms with E-state index in [1.54, 1.807) is 6.20 Å². The molecular formula is C13H17N5. The van der Waals surface area contributed by atoms with Crippen LogP contribution in [0.4, 0.5) is 0 Å². The van der Waals surface area contributed by atoms with Crippen LogP contribution >= 0.6 is 0 Å². The van der Waals surface area contributed by atoms with Crippen LogP contribution in [0.3, 0.4) is 0 Å². The van der Waals surface area contributed by atoms with Gasteiger partial charge in [-0.25, -0.2) is 4.98 Å². The van der Waals surface area contributed by atoms with Gasteiger partial charge in [-0.15, -0.1) is 5.10 Å². The van der Waals surface area contributed by atoms with Crippen LogP contribution in [0.2, 0.25) is 0 Å². The molecule has 1 aliphatic rings. The summed E-state index contributed by atoms with van der Waals surface area (Å²) < 4.78 is 1.98. The third kappa shape index (κ3) is 2.41. The van der Waals surface area contributed by atoms with Gasteiger partial charge in [0.25, 0.3) is 0 Å². The molecule has 0 aliphatic heterocycles. The standard InChI is InChI=1S/C13H17N5/c1-2-12-14-7-8-18(12)13-6-5-11(16-17-13)9-15-10-3-4-10/h5-8,10,15H,2-4,9H2,1H3. The van der Waals surface area contributed by atoms with E-state index in [0.717, 1.165) is 30.3 Å². The molecule has 0 saturated heterocycles. The lowest BCUT2D eigenvalue weighted by molar-refractivity contribution is 0.662. The Morgan fingerprint density at radius 2 is 2.22 bits per heavy atom. The minimum Gasteiger partial charge on any atom is -0.308 e. The number of aryl methyl sites for hydroxylation is 1. The van der Waals surface area contributed by atoms with Crippen LogP contribution in [0.5, 0.6) is 0 Å². The van der Waals surface area contributed by atoms with E-state index < -0.39 is 0 Å². The Hall–Kier alpha value is -1.75. The van der Waals surface area contributed by atoms with Gasteiger partial charge in [0.05, 0.1) is 5.69 Å². The van der Waals surface area contributed by atoms with E-state index >= 15 is 0 Å². The lowest BCUT2D eigenvalue weighted by Gasteiger charge is -2.06. The summed E-state index contributed by atoms with van der Waals surface area (Å²) in [4.78, 5) is 4.28. The predicted octanol–water partition coefficient (Wildman–Crippen LogP) is 1.48. The molecule has 0 spiro atoms. The van der Waals surface area contributed by atoms with Crippen LogP contribution in [0, 0.1) is 0 Å². The molecule has 5 nitrogen and oxygen atoms in total. The van der Waals surface area contributed by atoms with Crippen molar-refractivity contribution in [3.63, 3.8) is 0 Å². The maximum Gasteiger partial charge on any atom is 0.160 e. The largest absolute Gasteiger partial charge is 0.308 e. The van der Waals surface area contributed by atoms with E-state index in [2.05, 4.69) is 27.4 Å². The fraction of sp³-hybridized carbons (Fsp3) is 0.462. The van der Waals surface area contributed by atoms with E-state index in [1.807, 2.05) is 22.9 Å². The molecule has 0 bridgehead atoms. The zero-order chi connectivity index (χ0) is 12.4. The molecule has 0 unspecified atom stereocenters. The molecular weight excluding hydrogens is 226 g/mol. The Morgan fingerprint density at radius 1 is 1.33 bits per heavy atom. The van der Waals surface area contributed by atoms with Gasteiger partial charge in [0.1, 0.15) is 5.82 Å². The normalized spacial score (nSPS) is 14.9. The van der Waals surface area contributed by atoms with Crippen molar-refractivity contribution in [3.05, 3.63) is 36.0 Å². The summed E-state index contributed by atoms with van der Waals surface area (Å²) in [5, 5.41) is 11.9. The maximum absolute atomic E-state index is 4.28. The van der Waals surface area contributed by atoms with Gasteiger partial charge in [0.2, 0.25) is 0 Å². The molecule has 5 heteroatoms. The number of rotatable bonds is 5. The number of hydrogen-bond acceptors (Lipinski definition) is 4. The van der Waals surface area contributed by atoms with Crippen molar-refractivity contribution >= 4 is 0 Å². The van der Waals surface area contributed by atoms with Gasteiger partial charge in [-0.3, -0.25) is 4.57 Å². The molecule has 1 N–H and O–H groups in total. The van der Waals surface area contributed by atoms with Gasteiger partial charge in [0, 0.05) is 31.4 Å². The maximum atomic E-state index is 4.28. The molecule has 18 heavy (non-hydrogen) atoms. The van der Waals surface area contributed by atoms with Crippen molar-refractivity contribution in [2.45, 2.75) is 38.8 Å². The minimum absolute atomic E-state index is 0.701. The first-order chi connectivity index (χ1) is 8.86. The number of aromatic nitrogens is 4. The second kappa shape index (κ2) is 4.86. The average Bonchev–Trinajstić information content (AvgIpc) is 3.12. The van der Waals surface area contributed by atoms with Gasteiger partial charge in [-0.1, -0.05) is 6.92 Å². The highest BCUT2D eigenvalue weighted by Crippen LogP contribution is 2.19. The summed E-state index contributed by atoms with van der Waals surface area (Å²) in [6, 6.07) is 4.72. The SMILES string of the molecule is CCc1nccn1-c1ccc(CNC2CC2)nn1. The smallest absolute Gasteiger partial charge is 0.160 e. The molecule has 0 amide bonds. The average molecular weight is 243 g/mol. The van der Waals surface area contributed by atoms with Crippen LogP contribution in [-0.2, 0) is 13.0 Å². The van der Waals surface area contributed by atoms with Crippen LogP contribution in [0.15, 0.2) is 24.5 Å². The number of hydrogen-bond donors (Lipinski definition) is 1. The molecule has 2 aromatic heterocycles. The Balaban J connectivity index is 1.73. The Kier molecular flexibility index (Phi) is 3.06. The molecule has 2 heterocycles. The van der Waals surface area contributed by atoms with E-state index in [0.29, 0.717) is 6.04 Å². The summed E-state index contributed by atoms with van der Waals surface area (Å²) in [5.41, 5.74) is 0.990. The summed E-state index contributed by atoms with van der Waals surface area (Å²) in [6.07, 6.45) is 7.19. The van der Waals surface area contributed by atoms with Gasteiger partial charge in [-0.2, -0.15) is 5.10 Å². The number of imidazole rings is 1. The van der Waals surface area contributed by atoms with Gasteiger partial charge in [-0.05, 0) is 25.0 Å². The summed E-state index contributed by atoms with van der Waals surface area (Å²) in [5.74, 6) is 1.84. The highest BCUT2D eigenvalue weighted by atomic mass is 15.2. The molecule has 0 aromatic carbocycles. The van der Waals surface area contributed by atoms with Crippen LogP contribution in [-0.4, -0.2) is 25.8 Å². The van der Waals surface area contributed by atoms with Crippen molar-refractivity contribution in [2.75, 3.05) is 0 Å². The van der Waals surface area contributed by atoms with Crippen molar-refractivity contribution < 1.29 is 0 Å². The van der Waals surface area contributed by atoms with E-state index in [9.17, 15) is 0 Å². The zero-order valence-electron chi connectivity index (χ0n) is 10.5. The quantitative estimate of drug-likeness (QED) is 0.864. The van der Waals surface area contributed by atoms with Crippen molar-refractivity contribution in [3.8, 4) is 5.82 Å². The zero-order valence-corrected chi connectivity index (χ0v) is 10.5. The Morgan fingerprint density at radius 3 is 2.89 bits per heavy atom. The molecule has 94 valence electrons. The van der Waals surface area contributed by atoms with Crippen molar-refractivity contribution in [1.29, 1.82) is 0 Å². The third-order valence-corrected chi connectivity index (χ3v) is 3.14. The second-order valence-corrected chi connectivity index (χ2v) is 4.61. The van der Waals surface area contributed by atoms with Crippen LogP contribution in [0.25, 0.3) is 5.82 Å². The monoisotopic (exact) mass is 243 g/mol. The molecule has 0 atom stereocenters. The minimum atomic E-state index is 0.701. The van der Waals surface area contributed by atoms with Crippen LogP contribution < -0.4 is 5.32 Å². The lowest BCUT2D eigenvalue weighted by Crippen LogP contribution is -2.16. The first kappa shape index (κ1) is 11.3. The van der Waals surface area contributed by atoms with E-state index in [-0.39, 0.29) is 0 Å². The third-order valence-electron chi connectivity index (χ3n) is 3.14. The fourth-order valence-electron chi connectivity index (χ4n) is 1.92. The molecule has 1 fully saturated rings. The van der Waals surface area contributed by atoms with Crippen LogP contribution in [0.1, 0.15) is 31.3 Å². The van der Waals surface area contributed by atoms with Gasteiger partial charge in [0.15, 0.2) is 5.82 Å². The molecule has 1 saturated carbocycles. The number of nitrogens with zero attached hydrogens (tertiary/aromatic N) is 4. The lowest BCUT2D eigenvalue weighted by atomic mass is 10.3. The van der Waals surface area contributed by atoms with Crippen molar-refractivity contribution in [1.82, 2.24) is 25.1 Å². The van der Waals surface area contributed by atoms with Crippen molar-refractivity contribution in [2.24, 2.45) is 0 Å². The van der Waals surface area contributed by atoms with Gasteiger partial charge < -0.3 is 5.32 Å². The summed E-state index contributed by atoms with van der Waals surface area (Å²) >= 11 is 0. The molecule has 3 rings (SSSR count). The highest BCUT2D eigenvalue weighted by molar-refractivity contribution is 5.24. The first-order valence-corrected chi connectivity index (χ1v) is 6.45. The predicted molar refractivity (Wildman–Crippen MR) is 68.4 cm³/mol. The molecule has 0 radical (unpaired) electrons.